The SMILES string of the molecule is CCN(CC(=O)OC)C(=O)c1cc(Cl)cn1C. The Bertz CT molecular complexity index is 428. The average molecular weight is 259 g/mol. The molecule has 0 saturated carbocycles. The molecule has 0 aliphatic carbocycles. The van der Waals surface area contributed by atoms with Crippen LogP contribution < -0.4 is 0 Å². The van der Waals surface area contributed by atoms with Gasteiger partial charge < -0.3 is 14.2 Å². The molecule has 1 rings (SSSR count). The van der Waals surface area contributed by atoms with Crippen molar-refractivity contribution >= 4 is 23.5 Å². The molecule has 0 aliphatic rings. The number of aromatic nitrogens is 1. The van der Waals surface area contributed by atoms with E-state index in [9.17, 15) is 9.59 Å². The molecule has 5 nitrogen and oxygen atoms in total. The van der Waals surface area contributed by atoms with Crippen molar-refractivity contribution in [2.45, 2.75) is 6.92 Å². The lowest BCUT2D eigenvalue weighted by atomic mass is 10.3. The average Bonchev–Trinajstić information content (AvgIpc) is 2.64. The molecule has 0 bridgehead atoms. The summed E-state index contributed by atoms with van der Waals surface area (Å²) in [6, 6.07) is 1.57. The van der Waals surface area contributed by atoms with Crippen molar-refractivity contribution in [3.05, 3.63) is 23.0 Å². The number of esters is 1. The van der Waals surface area contributed by atoms with Gasteiger partial charge in [0, 0.05) is 19.8 Å². The summed E-state index contributed by atoms with van der Waals surface area (Å²) in [5.41, 5.74) is 0.445. The van der Waals surface area contributed by atoms with Gasteiger partial charge in [-0.25, -0.2) is 0 Å². The number of rotatable bonds is 4. The van der Waals surface area contributed by atoms with Gasteiger partial charge in [-0.1, -0.05) is 11.6 Å². The number of halogens is 1. The van der Waals surface area contributed by atoms with Gasteiger partial charge in [0.15, 0.2) is 0 Å². The maximum atomic E-state index is 12.1. The van der Waals surface area contributed by atoms with Crippen LogP contribution in [0, 0.1) is 0 Å². The number of nitrogens with zero attached hydrogens (tertiary/aromatic N) is 2. The lowest BCUT2D eigenvalue weighted by Gasteiger charge is -2.19. The van der Waals surface area contributed by atoms with Crippen LogP contribution in [-0.2, 0) is 16.6 Å². The quantitative estimate of drug-likeness (QED) is 0.766. The van der Waals surface area contributed by atoms with Crippen molar-refractivity contribution < 1.29 is 14.3 Å². The number of hydrogen-bond donors (Lipinski definition) is 0. The number of carbonyl (C=O) groups is 2. The smallest absolute Gasteiger partial charge is 0.325 e. The second-order valence-electron chi connectivity index (χ2n) is 3.55. The zero-order chi connectivity index (χ0) is 13.0. The third-order valence-corrected chi connectivity index (χ3v) is 2.61. The zero-order valence-corrected chi connectivity index (χ0v) is 10.8. The Morgan fingerprint density at radius 2 is 2.18 bits per heavy atom. The van der Waals surface area contributed by atoms with E-state index >= 15 is 0 Å². The van der Waals surface area contributed by atoms with Crippen molar-refractivity contribution in [1.29, 1.82) is 0 Å². The van der Waals surface area contributed by atoms with E-state index in [1.165, 1.54) is 12.0 Å². The van der Waals surface area contributed by atoms with Crippen molar-refractivity contribution in [1.82, 2.24) is 9.47 Å². The second kappa shape index (κ2) is 5.72. The molecule has 0 radical (unpaired) electrons. The van der Waals surface area contributed by atoms with E-state index < -0.39 is 5.97 Å². The predicted octanol–water partition coefficient (Wildman–Crippen LogP) is 1.31. The topological polar surface area (TPSA) is 51.5 Å². The highest BCUT2D eigenvalue weighted by Crippen LogP contribution is 2.14. The molecule has 1 aromatic heterocycles. The maximum Gasteiger partial charge on any atom is 0.325 e. The van der Waals surface area contributed by atoms with Gasteiger partial charge in [-0.2, -0.15) is 0 Å². The molecular weight excluding hydrogens is 244 g/mol. The number of ether oxygens (including phenoxy) is 1. The molecule has 1 heterocycles. The first-order valence-corrected chi connectivity index (χ1v) is 5.55. The highest BCUT2D eigenvalue weighted by Gasteiger charge is 2.20. The van der Waals surface area contributed by atoms with Gasteiger partial charge in [0.2, 0.25) is 0 Å². The minimum absolute atomic E-state index is 0.0609. The summed E-state index contributed by atoms with van der Waals surface area (Å²) in [5, 5.41) is 0.491. The fourth-order valence-corrected chi connectivity index (χ4v) is 1.70. The zero-order valence-electron chi connectivity index (χ0n) is 10.1. The largest absolute Gasteiger partial charge is 0.468 e. The number of hydrogen-bond acceptors (Lipinski definition) is 3. The minimum Gasteiger partial charge on any atom is -0.468 e. The van der Waals surface area contributed by atoms with Gasteiger partial charge in [0.1, 0.15) is 12.2 Å². The minimum atomic E-state index is -0.444. The van der Waals surface area contributed by atoms with E-state index in [1.54, 1.807) is 30.8 Å². The summed E-state index contributed by atoms with van der Waals surface area (Å²) in [6.07, 6.45) is 1.64. The predicted molar refractivity (Wildman–Crippen MR) is 64.0 cm³/mol. The molecule has 0 N–H and O–H groups in total. The van der Waals surface area contributed by atoms with E-state index in [0.717, 1.165) is 0 Å². The van der Waals surface area contributed by atoms with Crippen molar-refractivity contribution in [2.75, 3.05) is 20.2 Å². The van der Waals surface area contributed by atoms with Crippen LogP contribution >= 0.6 is 11.6 Å². The van der Waals surface area contributed by atoms with Crippen LogP contribution in [0.25, 0.3) is 0 Å². The Morgan fingerprint density at radius 3 is 2.59 bits per heavy atom. The number of amides is 1. The molecule has 0 atom stereocenters. The van der Waals surface area contributed by atoms with Gasteiger partial charge in [0.25, 0.3) is 5.91 Å². The van der Waals surface area contributed by atoms with Crippen molar-refractivity contribution in [3.63, 3.8) is 0 Å². The highest BCUT2D eigenvalue weighted by atomic mass is 35.5. The molecule has 94 valence electrons. The van der Waals surface area contributed by atoms with Crippen molar-refractivity contribution in [3.8, 4) is 0 Å². The molecule has 0 fully saturated rings. The van der Waals surface area contributed by atoms with E-state index in [-0.39, 0.29) is 12.5 Å². The molecule has 1 aromatic rings. The van der Waals surface area contributed by atoms with Gasteiger partial charge in [0.05, 0.1) is 12.1 Å². The molecule has 0 spiro atoms. The summed E-state index contributed by atoms with van der Waals surface area (Å²) in [4.78, 5) is 24.7. The monoisotopic (exact) mass is 258 g/mol. The summed E-state index contributed by atoms with van der Waals surface area (Å²) in [6.45, 7) is 2.16. The lowest BCUT2D eigenvalue weighted by molar-refractivity contribution is -0.141. The third-order valence-electron chi connectivity index (χ3n) is 2.41. The van der Waals surface area contributed by atoms with Crippen LogP contribution in [0.3, 0.4) is 0 Å². The number of likely N-dealkylation sites (N-methyl/N-ethyl adjacent to an activating group) is 1. The Labute approximate surface area is 105 Å². The first-order chi connectivity index (χ1) is 7.99. The van der Waals surface area contributed by atoms with Crippen LogP contribution in [0.5, 0.6) is 0 Å². The molecule has 0 unspecified atom stereocenters. The van der Waals surface area contributed by atoms with E-state index in [1.807, 2.05) is 0 Å². The Hall–Kier alpha value is -1.49. The van der Waals surface area contributed by atoms with Gasteiger partial charge >= 0.3 is 5.97 Å². The van der Waals surface area contributed by atoms with Crippen LogP contribution in [0.1, 0.15) is 17.4 Å². The van der Waals surface area contributed by atoms with Crippen molar-refractivity contribution in [2.24, 2.45) is 7.05 Å². The fraction of sp³-hybridized carbons (Fsp3) is 0.455. The second-order valence-corrected chi connectivity index (χ2v) is 3.99. The van der Waals surface area contributed by atoms with E-state index in [4.69, 9.17) is 11.6 Å². The van der Waals surface area contributed by atoms with Gasteiger partial charge in [-0.15, -0.1) is 0 Å². The summed E-state index contributed by atoms with van der Waals surface area (Å²) >= 11 is 5.81. The Kier molecular flexibility index (Phi) is 4.57. The van der Waals surface area contributed by atoms with Crippen LogP contribution in [0.15, 0.2) is 12.3 Å². The number of aryl methyl sites for hydroxylation is 1. The lowest BCUT2D eigenvalue weighted by Crippen LogP contribution is -2.36. The van der Waals surface area contributed by atoms with E-state index in [2.05, 4.69) is 4.74 Å². The van der Waals surface area contributed by atoms with Gasteiger partial charge in [-0.3, -0.25) is 9.59 Å². The summed E-state index contributed by atoms with van der Waals surface area (Å²) in [7, 11) is 3.02. The Balaban J connectivity index is 2.86. The molecular formula is C11H15ClN2O3. The van der Waals surface area contributed by atoms with Crippen LogP contribution in [0.4, 0.5) is 0 Å². The first kappa shape index (κ1) is 13.6. The maximum absolute atomic E-state index is 12.1. The van der Waals surface area contributed by atoms with Crippen LogP contribution in [-0.4, -0.2) is 41.5 Å². The standard InChI is InChI=1S/C11H15ClN2O3/c1-4-14(7-10(15)17-3)11(16)9-5-8(12)6-13(9)2/h5-6H,4,7H2,1-3H3. The molecule has 1 amide bonds. The normalized spacial score (nSPS) is 10.1. The van der Waals surface area contributed by atoms with E-state index in [0.29, 0.717) is 17.3 Å². The number of methoxy groups -OCH3 is 1. The molecule has 0 aliphatic heterocycles. The van der Waals surface area contributed by atoms with Gasteiger partial charge in [-0.05, 0) is 13.0 Å². The third kappa shape index (κ3) is 3.23. The first-order valence-electron chi connectivity index (χ1n) is 5.17. The molecule has 6 heteroatoms. The van der Waals surface area contributed by atoms with Crippen LogP contribution in [0.2, 0.25) is 5.02 Å². The summed E-state index contributed by atoms with van der Waals surface area (Å²) in [5.74, 6) is -0.687. The fourth-order valence-electron chi connectivity index (χ4n) is 1.45. The molecule has 0 saturated heterocycles. The molecule has 17 heavy (non-hydrogen) atoms. The Morgan fingerprint density at radius 1 is 1.53 bits per heavy atom. The molecule has 0 aromatic carbocycles. The highest BCUT2D eigenvalue weighted by molar-refractivity contribution is 6.31. The summed E-state index contributed by atoms with van der Waals surface area (Å²) < 4.78 is 6.17. The number of carbonyl (C=O) groups excluding carboxylic acids is 2.